The molecule has 2 aromatic heterocycles. The van der Waals surface area contributed by atoms with Crippen LogP contribution in [0.3, 0.4) is 0 Å². The summed E-state index contributed by atoms with van der Waals surface area (Å²) in [5.74, 6) is 0.193. The average molecular weight is 359 g/mol. The summed E-state index contributed by atoms with van der Waals surface area (Å²) in [4.78, 5) is 36.1. The van der Waals surface area contributed by atoms with Crippen molar-refractivity contribution in [2.75, 3.05) is 0 Å². The molecule has 27 heavy (non-hydrogen) atoms. The van der Waals surface area contributed by atoms with Gasteiger partial charge in [0.2, 0.25) is 5.95 Å². The Morgan fingerprint density at radius 2 is 1.74 bits per heavy atom. The van der Waals surface area contributed by atoms with Crippen molar-refractivity contribution in [3.8, 4) is 5.69 Å². The molecule has 2 heterocycles. The maximum Gasteiger partial charge on any atom is 0.274 e. The van der Waals surface area contributed by atoms with Crippen molar-refractivity contribution < 1.29 is 0 Å². The summed E-state index contributed by atoms with van der Waals surface area (Å²) in [6.07, 6.45) is 1.54. The van der Waals surface area contributed by atoms with Crippen LogP contribution in [-0.2, 0) is 7.05 Å². The largest absolute Gasteiger partial charge is 0.290 e. The Morgan fingerprint density at radius 3 is 2.52 bits per heavy atom. The van der Waals surface area contributed by atoms with Crippen LogP contribution in [0.15, 0.2) is 69.2 Å². The minimum absolute atomic E-state index is 0.120. The summed E-state index contributed by atoms with van der Waals surface area (Å²) in [6.45, 7) is 1.75. The zero-order valence-electron chi connectivity index (χ0n) is 14.9. The summed E-state index contributed by atoms with van der Waals surface area (Å²) >= 11 is 0. The first-order chi connectivity index (χ1) is 13.1. The van der Waals surface area contributed by atoms with E-state index < -0.39 is 0 Å². The summed E-state index contributed by atoms with van der Waals surface area (Å²) < 4.78 is 3.31. The molecule has 0 spiro atoms. The number of rotatable bonds is 3. The van der Waals surface area contributed by atoms with Crippen molar-refractivity contribution >= 4 is 23.1 Å². The first-order valence-electron chi connectivity index (χ1n) is 8.43. The van der Waals surface area contributed by atoms with E-state index in [0.29, 0.717) is 22.2 Å². The van der Waals surface area contributed by atoms with Crippen LogP contribution >= 0.6 is 0 Å². The molecule has 134 valence electrons. The molecule has 0 atom stereocenters. The van der Waals surface area contributed by atoms with Gasteiger partial charge in [-0.1, -0.05) is 30.3 Å². The minimum Gasteiger partial charge on any atom is -0.290 e. The lowest BCUT2D eigenvalue weighted by Crippen LogP contribution is -2.20. The predicted molar refractivity (Wildman–Crippen MR) is 105 cm³/mol. The summed E-state index contributed by atoms with van der Waals surface area (Å²) in [5.41, 5.74) is 2.17. The molecule has 4 rings (SSSR count). The van der Waals surface area contributed by atoms with Gasteiger partial charge in [-0.25, -0.2) is 14.7 Å². The van der Waals surface area contributed by atoms with Crippen molar-refractivity contribution in [1.82, 2.24) is 19.3 Å². The molecule has 0 aliphatic heterocycles. The van der Waals surface area contributed by atoms with E-state index in [0.717, 1.165) is 5.69 Å². The molecule has 1 N–H and O–H groups in total. The third-order valence-electron chi connectivity index (χ3n) is 4.46. The van der Waals surface area contributed by atoms with Crippen LogP contribution in [0.2, 0.25) is 0 Å². The number of aromatic nitrogens is 4. The van der Waals surface area contributed by atoms with Crippen molar-refractivity contribution in [3.05, 3.63) is 86.6 Å². The van der Waals surface area contributed by atoms with E-state index in [1.54, 1.807) is 47.7 Å². The highest BCUT2D eigenvalue weighted by Crippen LogP contribution is 2.12. The van der Waals surface area contributed by atoms with E-state index in [9.17, 15) is 9.59 Å². The number of aliphatic imine (C=N–C) groups is 1. The Hall–Kier alpha value is -3.74. The van der Waals surface area contributed by atoms with Crippen molar-refractivity contribution in [2.24, 2.45) is 12.0 Å². The van der Waals surface area contributed by atoms with Gasteiger partial charge in [-0.3, -0.25) is 19.3 Å². The molecule has 7 heteroatoms. The number of nitrogens with one attached hydrogen (secondary N) is 1. The number of nitrogens with zero attached hydrogens (tertiary/aromatic N) is 4. The lowest BCUT2D eigenvalue weighted by Gasteiger charge is -2.07. The predicted octanol–water partition coefficient (Wildman–Crippen LogP) is 2.47. The number of para-hydroxylation sites is 2. The number of H-pyrrole nitrogens is 1. The maximum atomic E-state index is 12.7. The second-order valence-electron chi connectivity index (χ2n) is 6.15. The molecule has 0 aliphatic carbocycles. The van der Waals surface area contributed by atoms with E-state index >= 15 is 0 Å². The summed E-state index contributed by atoms with van der Waals surface area (Å²) in [5, 5.41) is 0.510. The van der Waals surface area contributed by atoms with Crippen molar-refractivity contribution in [3.63, 3.8) is 0 Å². The SMILES string of the molecule is Cc1c(/C=N/c2nc3ccccc3c(=O)[nH]2)n(C)n(-c2ccccc2)c1=O. The Labute approximate surface area is 154 Å². The number of aromatic amines is 1. The third-order valence-corrected chi connectivity index (χ3v) is 4.46. The fourth-order valence-corrected chi connectivity index (χ4v) is 3.05. The second kappa shape index (κ2) is 6.53. The molecule has 0 radical (unpaired) electrons. The minimum atomic E-state index is -0.250. The summed E-state index contributed by atoms with van der Waals surface area (Å²) in [7, 11) is 1.79. The Morgan fingerprint density at radius 1 is 1.04 bits per heavy atom. The Kier molecular flexibility index (Phi) is 4.04. The standard InChI is InChI=1S/C20H17N5O2/c1-13-17(24(2)25(19(13)27)14-8-4-3-5-9-14)12-21-20-22-16-11-7-6-10-15(16)18(26)23-20/h3-12H,1-2H3,(H,22,23,26)/b21-12+. The third kappa shape index (κ3) is 2.89. The molecule has 0 saturated carbocycles. The highest BCUT2D eigenvalue weighted by atomic mass is 16.1. The molecule has 4 aromatic rings. The zero-order valence-corrected chi connectivity index (χ0v) is 14.9. The number of benzene rings is 2. The number of hydrogen-bond acceptors (Lipinski definition) is 4. The average Bonchev–Trinajstić information content (AvgIpc) is 2.89. The molecule has 0 amide bonds. The van der Waals surface area contributed by atoms with Gasteiger partial charge in [0, 0.05) is 12.6 Å². The van der Waals surface area contributed by atoms with Crippen LogP contribution in [0, 0.1) is 6.92 Å². The lowest BCUT2D eigenvalue weighted by atomic mass is 10.2. The molecule has 0 saturated heterocycles. The van der Waals surface area contributed by atoms with Gasteiger partial charge in [0.25, 0.3) is 11.1 Å². The van der Waals surface area contributed by atoms with E-state index in [-0.39, 0.29) is 17.1 Å². The normalized spacial score (nSPS) is 11.5. The molecule has 0 fully saturated rings. The Balaban J connectivity index is 1.80. The van der Waals surface area contributed by atoms with Crippen LogP contribution in [0.4, 0.5) is 5.95 Å². The topological polar surface area (TPSA) is 85.0 Å². The first-order valence-corrected chi connectivity index (χ1v) is 8.43. The van der Waals surface area contributed by atoms with Crippen molar-refractivity contribution in [2.45, 2.75) is 6.92 Å². The zero-order chi connectivity index (χ0) is 19.0. The number of hydrogen-bond donors (Lipinski definition) is 1. The molecule has 2 aromatic carbocycles. The fourth-order valence-electron chi connectivity index (χ4n) is 3.05. The summed E-state index contributed by atoms with van der Waals surface area (Å²) in [6, 6.07) is 16.5. The molecule has 0 aliphatic rings. The van der Waals surface area contributed by atoms with Crippen molar-refractivity contribution in [1.29, 1.82) is 0 Å². The quantitative estimate of drug-likeness (QED) is 0.570. The maximum absolute atomic E-state index is 12.7. The van der Waals surface area contributed by atoms with Crippen LogP contribution in [0.25, 0.3) is 16.6 Å². The van der Waals surface area contributed by atoms with Gasteiger partial charge in [0.05, 0.1) is 28.5 Å². The van der Waals surface area contributed by atoms with E-state index in [4.69, 9.17) is 0 Å². The van der Waals surface area contributed by atoms with E-state index in [1.807, 2.05) is 36.4 Å². The van der Waals surface area contributed by atoms with Crippen LogP contribution in [0.1, 0.15) is 11.3 Å². The van der Waals surface area contributed by atoms with Gasteiger partial charge in [-0.15, -0.1) is 0 Å². The van der Waals surface area contributed by atoms with Gasteiger partial charge < -0.3 is 0 Å². The first kappa shape index (κ1) is 16.7. The van der Waals surface area contributed by atoms with Crippen LogP contribution in [0.5, 0.6) is 0 Å². The lowest BCUT2D eigenvalue weighted by molar-refractivity contribution is 0.643. The van der Waals surface area contributed by atoms with Gasteiger partial charge in [0.15, 0.2) is 0 Å². The van der Waals surface area contributed by atoms with Gasteiger partial charge in [0.1, 0.15) is 0 Å². The fraction of sp³-hybridized carbons (Fsp3) is 0.100. The monoisotopic (exact) mass is 359 g/mol. The molecular formula is C20H17N5O2. The molecular weight excluding hydrogens is 342 g/mol. The highest BCUT2D eigenvalue weighted by Gasteiger charge is 2.14. The molecule has 0 unspecified atom stereocenters. The highest BCUT2D eigenvalue weighted by molar-refractivity contribution is 5.82. The van der Waals surface area contributed by atoms with Crippen LogP contribution < -0.4 is 11.1 Å². The van der Waals surface area contributed by atoms with Crippen LogP contribution in [-0.4, -0.2) is 25.5 Å². The Bertz CT molecular complexity index is 1280. The second-order valence-corrected chi connectivity index (χ2v) is 6.15. The molecule has 7 nitrogen and oxygen atoms in total. The smallest absolute Gasteiger partial charge is 0.274 e. The van der Waals surface area contributed by atoms with E-state index in [1.165, 1.54) is 0 Å². The van der Waals surface area contributed by atoms with Gasteiger partial charge >= 0.3 is 0 Å². The van der Waals surface area contributed by atoms with E-state index in [2.05, 4.69) is 15.0 Å². The number of fused-ring (bicyclic) bond motifs is 1. The molecule has 0 bridgehead atoms. The van der Waals surface area contributed by atoms with Gasteiger partial charge in [-0.05, 0) is 31.2 Å². The van der Waals surface area contributed by atoms with Gasteiger partial charge in [-0.2, -0.15) is 0 Å².